The maximum atomic E-state index is 10.6. The summed E-state index contributed by atoms with van der Waals surface area (Å²) in [6.45, 7) is 0. The molecule has 0 spiro atoms. The Kier molecular flexibility index (Phi) is 2.09. The number of hydrogen-bond acceptors (Lipinski definition) is 5. The lowest BCUT2D eigenvalue weighted by Crippen LogP contribution is -1.83. The largest absolute Gasteiger partial charge is 0.506 e. The second kappa shape index (κ2) is 3.14. The Labute approximate surface area is 88.4 Å². The fourth-order valence-electron chi connectivity index (χ4n) is 1.20. The minimum absolute atomic E-state index is 0.0372. The molecule has 1 aromatic heterocycles. The normalized spacial score (nSPS) is 10.6. The minimum atomic E-state index is -0.494. The number of nitrogens with zero attached hydrogens (tertiary/aromatic N) is 1. The van der Waals surface area contributed by atoms with Crippen molar-refractivity contribution in [1.29, 1.82) is 0 Å². The van der Waals surface area contributed by atoms with Crippen molar-refractivity contribution in [3.8, 4) is 5.75 Å². The number of nitro groups is 1. The Hall–Kier alpha value is -1.27. The topological polar surface area (TPSA) is 63.4 Å². The minimum Gasteiger partial charge on any atom is -0.506 e. The number of thiol groups is 1. The van der Waals surface area contributed by atoms with Crippen molar-refractivity contribution in [2.24, 2.45) is 0 Å². The number of fused-ring (bicyclic) bond motifs is 1. The highest BCUT2D eigenvalue weighted by Gasteiger charge is 2.19. The molecule has 0 unspecified atom stereocenters. The molecule has 72 valence electrons. The first-order chi connectivity index (χ1) is 6.61. The van der Waals surface area contributed by atoms with Crippen molar-refractivity contribution in [3.05, 3.63) is 28.3 Å². The molecule has 4 nitrogen and oxygen atoms in total. The standard InChI is InChI=1S/C8H5NO3S2/c10-5-3-1-2-4-6(13)8(9(11)12)14-7(4)5/h1-3,10,13H. The van der Waals surface area contributed by atoms with E-state index >= 15 is 0 Å². The lowest BCUT2D eigenvalue weighted by molar-refractivity contribution is -0.382. The van der Waals surface area contributed by atoms with Gasteiger partial charge < -0.3 is 5.11 Å². The molecule has 6 heteroatoms. The van der Waals surface area contributed by atoms with Gasteiger partial charge in [0.15, 0.2) is 0 Å². The maximum Gasteiger partial charge on any atom is 0.338 e. The lowest BCUT2D eigenvalue weighted by Gasteiger charge is -1.91. The van der Waals surface area contributed by atoms with Gasteiger partial charge in [0.1, 0.15) is 10.6 Å². The van der Waals surface area contributed by atoms with Crippen molar-refractivity contribution in [1.82, 2.24) is 0 Å². The molecule has 0 radical (unpaired) electrons. The van der Waals surface area contributed by atoms with Gasteiger partial charge in [-0.25, -0.2) is 0 Å². The molecule has 0 aliphatic rings. The molecule has 0 fully saturated rings. The van der Waals surface area contributed by atoms with Gasteiger partial charge in [-0.05, 0) is 6.07 Å². The predicted molar refractivity (Wildman–Crippen MR) is 57.4 cm³/mol. The molecule has 1 heterocycles. The molecule has 0 saturated heterocycles. The zero-order chi connectivity index (χ0) is 10.3. The van der Waals surface area contributed by atoms with E-state index in [4.69, 9.17) is 0 Å². The summed E-state index contributed by atoms with van der Waals surface area (Å²) in [5.41, 5.74) is 0. The molecule has 0 bridgehead atoms. The SMILES string of the molecule is O=[N+]([O-])c1sc2c(O)cccc2c1S. The average Bonchev–Trinajstić information content (AvgIpc) is 2.46. The van der Waals surface area contributed by atoms with Gasteiger partial charge in [-0.1, -0.05) is 23.5 Å². The van der Waals surface area contributed by atoms with E-state index in [1.165, 1.54) is 6.07 Å². The Morgan fingerprint density at radius 2 is 2.21 bits per heavy atom. The van der Waals surface area contributed by atoms with Gasteiger partial charge in [0, 0.05) is 5.39 Å². The fraction of sp³-hybridized carbons (Fsp3) is 0. The second-order valence-electron chi connectivity index (χ2n) is 2.67. The van der Waals surface area contributed by atoms with Crippen LogP contribution in [0.1, 0.15) is 0 Å². The van der Waals surface area contributed by atoms with Crippen LogP contribution in [0.3, 0.4) is 0 Å². The second-order valence-corrected chi connectivity index (χ2v) is 4.11. The summed E-state index contributed by atoms with van der Waals surface area (Å²) in [5, 5.41) is 20.6. The Morgan fingerprint density at radius 1 is 1.50 bits per heavy atom. The average molecular weight is 227 g/mol. The summed E-state index contributed by atoms with van der Waals surface area (Å²) in [7, 11) is 0. The Bertz CT molecular complexity index is 521. The first-order valence-electron chi connectivity index (χ1n) is 3.69. The first-order valence-corrected chi connectivity index (χ1v) is 4.95. The van der Waals surface area contributed by atoms with Crippen LogP contribution in [0.25, 0.3) is 10.1 Å². The van der Waals surface area contributed by atoms with Crippen LogP contribution in [0, 0.1) is 10.1 Å². The van der Waals surface area contributed by atoms with E-state index in [9.17, 15) is 15.2 Å². The van der Waals surface area contributed by atoms with Crippen LogP contribution >= 0.6 is 24.0 Å². The zero-order valence-corrected chi connectivity index (χ0v) is 8.51. The molecule has 0 amide bonds. The third kappa shape index (κ3) is 1.23. The van der Waals surface area contributed by atoms with Crippen LogP contribution < -0.4 is 0 Å². The van der Waals surface area contributed by atoms with Gasteiger partial charge in [-0.2, -0.15) is 0 Å². The van der Waals surface area contributed by atoms with E-state index in [1.807, 2.05) is 0 Å². The number of thiophene rings is 1. The maximum absolute atomic E-state index is 10.6. The van der Waals surface area contributed by atoms with Crippen LogP contribution in [0.2, 0.25) is 0 Å². The molecule has 2 aromatic rings. The van der Waals surface area contributed by atoms with Gasteiger partial charge in [-0.3, -0.25) is 10.1 Å². The Balaban J connectivity index is 2.86. The van der Waals surface area contributed by atoms with E-state index in [0.29, 0.717) is 15.0 Å². The molecule has 1 N–H and O–H groups in total. The highest BCUT2D eigenvalue weighted by Crippen LogP contribution is 2.43. The van der Waals surface area contributed by atoms with Gasteiger partial charge in [-0.15, -0.1) is 12.6 Å². The molecular formula is C8H5NO3S2. The monoisotopic (exact) mass is 227 g/mol. The lowest BCUT2D eigenvalue weighted by atomic mass is 10.2. The summed E-state index contributed by atoms with van der Waals surface area (Å²) in [5.74, 6) is 0.0518. The van der Waals surface area contributed by atoms with E-state index < -0.39 is 4.92 Å². The highest BCUT2D eigenvalue weighted by atomic mass is 32.1. The fourth-order valence-corrected chi connectivity index (χ4v) is 2.61. The van der Waals surface area contributed by atoms with Gasteiger partial charge in [0.2, 0.25) is 0 Å². The van der Waals surface area contributed by atoms with Gasteiger partial charge >= 0.3 is 5.00 Å². The van der Waals surface area contributed by atoms with E-state index in [2.05, 4.69) is 12.6 Å². The summed E-state index contributed by atoms with van der Waals surface area (Å²) >= 11 is 4.99. The predicted octanol–water partition coefficient (Wildman–Crippen LogP) is 2.80. The molecular weight excluding hydrogens is 222 g/mol. The van der Waals surface area contributed by atoms with E-state index in [1.54, 1.807) is 12.1 Å². The zero-order valence-electron chi connectivity index (χ0n) is 6.80. The molecule has 0 aliphatic heterocycles. The van der Waals surface area contributed by atoms with Crippen molar-refractivity contribution < 1.29 is 10.0 Å². The van der Waals surface area contributed by atoms with Crippen molar-refractivity contribution in [2.45, 2.75) is 4.90 Å². The third-order valence-electron chi connectivity index (χ3n) is 1.82. The van der Waals surface area contributed by atoms with E-state index in [-0.39, 0.29) is 10.8 Å². The summed E-state index contributed by atoms with van der Waals surface area (Å²) in [6, 6.07) is 4.82. The quantitative estimate of drug-likeness (QED) is 0.447. The van der Waals surface area contributed by atoms with Gasteiger partial charge in [0.25, 0.3) is 0 Å². The number of rotatable bonds is 1. The van der Waals surface area contributed by atoms with E-state index in [0.717, 1.165) is 11.3 Å². The molecule has 0 saturated carbocycles. The number of aromatic hydroxyl groups is 1. The number of phenolic OH excluding ortho intramolecular Hbond substituents is 1. The summed E-state index contributed by atoms with van der Waals surface area (Å²) < 4.78 is 0.504. The van der Waals surface area contributed by atoms with Crippen molar-refractivity contribution >= 4 is 39.1 Å². The number of phenols is 1. The van der Waals surface area contributed by atoms with Crippen molar-refractivity contribution in [2.75, 3.05) is 0 Å². The molecule has 0 atom stereocenters. The van der Waals surface area contributed by atoms with Crippen LogP contribution in [0.4, 0.5) is 5.00 Å². The first kappa shape index (κ1) is 9.29. The smallest absolute Gasteiger partial charge is 0.338 e. The molecule has 14 heavy (non-hydrogen) atoms. The van der Waals surface area contributed by atoms with Crippen LogP contribution in [0.5, 0.6) is 5.75 Å². The summed E-state index contributed by atoms with van der Waals surface area (Å²) in [6.07, 6.45) is 0. The van der Waals surface area contributed by atoms with Crippen LogP contribution in [0.15, 0.2) is 23.1 Å². The highest BCUT2D eigenvalue weighted by molar-refractivity contribution is 7.81. The third-order valence-corrected chi connectivity index (χ3v) is 3.60. The Morgan fingerprint density at radius 3 is 2.79 bits per heavy atom. The number of hydrogen-bond donors (Lipinski definition) is 2. The molecule has 0 aliphatic carbocycles. The van der Waals surface area contributed by atoms with Gasteiger partial charge in [0.05, 0.1) is 9.62 Å². The molecule has 1 aromatic carbocycles. The van der Waals surface area contributed by atoms with Crippen LogP contribution in [-0.4, -0.2) is 10.0 Å². The number of benzene rings is 1. The van der Waals surface area contributed by atoms with Crippen LogP contribution in [-0.2, 0) is 0 Å². The van der Waals surface area contributed by atoms with Crippen molar-refractivity contribution in [3.63, 3.8) is 0 Å². The molecule has 2 rings (SSSR count). The summed E-state index contributed by atoms with van der Waals surface area (Å²) in [4.78, 5) is 10.4.